The molecule has 0 saturated heterocycles. The van der Waals surface area contributed by atoms with Crippen LogP contribution in [0.4, 0.5) is 4.79 Å². The molecule has 0 aliphatic carbocycles. The van der Waals surface area contributed by atoms with Crippen molar-refractivity contribution in [2.45, 2.75) is 71.0 Å². The number of aromatic nitrogens is 2. The number of para-hydroxylation sites is 1. The second-order valence-electron chi connectivity index (χ2n) is 9.32. The van der Waals surface area contributed by atoms with Crippen LogP contribution in [0.3, 0.4) is 0 Å². The average molecular weight is 495 g/mol. The van der Waals surface area contributed by atoms with Crippen LogP contribution in [0.5, 0.6) is 5.75 Å². The predicted octanol–water partition coefficient (Wildman–Crippen LogP) is 2.67. The average Bonchev–Trinajstić information content (AvgIpc) is 3.12. The maximum Gasteiger partial charge on any atom is 0.407 e. The predicted molar refractivity (Wildman–Crippen MR) is 136 cm³/mol. The van der Waals surface area contributed by atoms with Gasteiger partial charge in [-0.25, -0.2) is 9.78 Å². The number of rotatable bonds is 11. The number of carboxylic acids is 1. The second-order valence-corrected chi connectivity index (χ2v) is 9.32. The number of aliphatic carboxylic acids is 1. The number of nitrogens with zero attached hydrogens (tertiary/aromatic N) is 3. The lowest BCUT2D eigenvalue weighted by atomic mass is 10.1. The maximum absolute atomic E-state index is 11.4. The first-order chi connectivity index (χ1) is 16.3. The van der Waals surface area contributed by atoms with Crippen molar-refractivity contribution >= 4 is 23.1 Å². The highest BCUT2D eigenvalue weighted by Crippen LogP contribution is 2.28. The minimum atomic E-state index is -0.955. The number of fused-ring (bicyclic) bond motifs is 1. The van der Waals surface area contributed by atoms with Crippen LogP contribution in [0.25, 0.3) is 11.0 Å². The summed E-state index contributed by atoms with van der Waals surface area (Å²) in [6.45, 7) is 9.14. The van der Waals surface area contributed by atoms with Crippen LogP contribution in [-0.4, -0.2) is 68.0 Å². The highest BCUT2D eigenvalue weighted by atomic mass is 16.5. The van der Waals surface area contributed by atoms with E-state index in [1.54, 1.807) is 0 Å². The van der Waals surface area contributed by atoms with E-state index in [4.69, 9.17) is 32.0 Å². The molecule has 11 nitrogen and oxygen atoms in total. The lowest BCUT2D eigenvalue weighted by molar-refractivity contribution is -0.138. The SMILES string of the molecule is CCOc1cccc2c1nc(C(N)CCCN(C(=O)O)C(C)(C)C)n2C.NCCCC(N)C(=O)O. The van der Waals surface area contributed by atoms with E-state index in [0.717, 1.165) is 22.6 Å². The molecule has 0 fully saturated rings. The molecule has 1 aromatic carbocycles. The minimum Gasteiger partial charge on any atom is -0.492 e. The number of hydrogen-bond donors (Lipinski definition) is 5. The summed E-state index contributed by atoms with van der Waals surface area (Å²) in [4.78, 5) is 27.6. The van der Waals surface area contributed by atoms with Crippen molar-refractivity contribution in [1.82, 2.24) is 14.5 Å². The Morgan fingerprint density at radius 1 is 1.17 bits per heavy atom. The van der Waals surface area contributed by atoms with Gasteiger partial charge in [0.05, 0.1) is 18.2 Å². The Balaban J connectivity index is 0.000000579. The fraction of sp³-hybridized carbons (Fsp3) is 0.625. The summed E-state index contributed by atoms with van der Waals surface area (Å²) in [7, 11) is 1.94. The largest absolute Gasteiger partial charge is 0.492 e. The van der Waals surface area contributed by atoms with Gasteiger partial charge in [-0.05, 0) is 72.1 Å². The molecule has 1 amide bonds. The molecular formula is C24H42N6O5. The molecule has 11 heteroatoms. The molecule has 1 aromatic heterocycles. The Labute approximate surface area is 207 Å². The molecule has 35 heavy (non-hydrogen) atoms. The third kappa shape index (κ3) is 9.00. The molecule has 2 rings (SSSR count). The Kier molecular flexibility index (Phi) is 11.9. The van der Waals surface area contributed by atoms with Crippen molar-refractivity contribution in [2.24, 2.45) is 24.2 Å². The number of carboxylic acid groups (broad SMARTS) is 2. The smallest absolute Gasteiger partial charge is 0.407 e. The number of aryl methyl sites for hydroxylation is 1. The highest BCUT2D eigenvalue weighted by Gasteiger charge is 2.26. The summed E-state index contributed by atoms with van der Waals surface area (Å²) in [6, 6.07) is 4.83. The van der Waals surface area contributed by atoms with E-state index in [1.807, 2.05) is 57.5 Å². The van der Waals surface area contributed by atoms with Gasteiger partial charge in [0.1, 0.15) is 23.1 Å². The lowest BCUT2D eigenvalue weighted by Gasteiger charge is -2.33. The van der Waals surface area contributed by atoms with Gasteiger partial charge in [-0.2, -0.15) is 0 Å². The van der Waals surface area contributed by atoms with E-state index in [0.29, 0.717) is 45.4 Å². The number of imidazole rings is 1. The van der Waals surface area contributed by atoms with Crippen LogP contribution in [0.15, 0.2) is 18.2 Å². The van der Waals surface area contributed by atoms with Gasteiger partial charge >= 0.3 is 12.1 Å². The summed E-state index contributed by atoms with van der Waals surface area (Å²) in [5.41, 5.74) is 18.0. The normalized spacial score (nSPS) is 13.0. The molecule has 0 bridgehead atoms. The van der Waals surface area contributed by atoms with Gasteiger partial charge < -0.3 is 41.6 Å². The molecule has 2 aromatic rings. The number of ether oxygens (including phenoxy) is 1. The minimum absolute atomic E-state index is 0.266. The van der Waals surface area contributed by atoms with Crippen LogP contribution in [-0.2, 0) is 11.8 Å². The van der Waals surface area contributed by atoms with Crippen molar-refractivity contribution < 1.29 is 24.5 Å². The van der Waals surface area contributed by atoms with Gasteiger partial charge in [-0.3, -0.25) is 4.79 Å². The van der Waals surface area contributed by atoms with Gasteiger partial charge in [0.25, 0.3) is 0 Å². The fourth-order valence-electron chi connectivity index (χ4n) is 3.59. The van der Waals surface area contributed by atoms with E-state index < -0.39 is 23.6 Å². The topological polar surface area (TPSA) is 183 Å². The van der Waals surface area contributed by atoms with Crippen molar-refractivity contribution in [1.29, 1.82) is 0 Å². The first kappa shape index (κ1) is 30.1. The number of amides is 1. The Morgan fingerprint density at radius 3 is 2.34 bits per heavy atom. The highest BCUT2D eigenvalue weighted by molar-refractivity contribution is 5.82. The van der Waals surface area contributed by atoms with Gasteiger partial charge in [-0.15, -0.1) is 0 Å². The third-order valence-electron chi connectivity index (χ3n) is 5.51. The molecular weight excluding hydrogens is 452 g/mol. The first-order valence-corrected chi connectivity index (χ1v) is 11.9. The monoisotopic (exact) mass is 494 g/mol. The first-order valence-electron chi connectivity index (χ1n) is 11.9. The quantitative estimate of drug-likeness (QED) is 0.313. The number of hydrogen-bond acceptors (Lipinski definition) is 7. The van der Waals surface area contributed by atoms with E-state index in [-0.39, 0.29) is 6.04 Å². The zero-order valence-electron chi connectivity index (χ0n) is 21.5. The van der Waals surface area contributed by atoms with Gasteiger partial charge in [0.2, 0.25) is 0 Å². The van der Waals surface area contributed by atoms with Gasteiger partial charge in [0, 0.05) is 19.1 Å². The van der Waals surface area contributed by atoms with Gasteiger partial charge in [0.15, 0.2) is 0 Å². The van der Waals surface area contributed by atoms with Crippen molar-refractivity contribution in [3.63, 3.8) is 0 Å². The van der Waals surface area contributed by atoms with Crippen LogP contribution in [0.1, 0.15) is 65.2 Å². The maximum atomic E-state index is 11.4. The van der Waals surface area contributed by atoms with Gasteiger partial charge in [-0.1, -0.05) is 6.07 Å². The number of nitrogens with two attached hydrogens (primary N) is 3. The summed E-state index contributed by atoms with van der Waals surface area (Å²) in [5, 5.41) is 17.6. The molecule has 1 heterocycles. The standard InChI is InChI=1S/C19H30N4O3.C5H12N2O2/c1-6-26-15-11-7-10-14-16(15)21-17(22(14)5)13(20)9-8-12-23(18(24)25)19(2,3)4;6-3-1-2-4(7)5(8)9/h7,10-11,13H,6,8-9,12,20H2,1-5H3,(H,24,25);4H,1-3,6-7H2,(H,8,9). The summed E-state index contributed by atoms with van der Waals surface area (Å²) < 4.78 is 7.64. The molecule has 8 N–H and O–H groups in total. The number of carbonyl (C=O) groups is 2. The van der Waals surface area contributed by atoms with Crippen molar-refractivity contribution in [2.75, 3.05) is 19.7 Å². The molecule has 0 spiro atoms. The van der Waals surface area contributed by atoms with Crippen LogP contribution in [0.2, 0.25) is 0 Å². The molecule has 0 saturated carbocycles. The molecule has 2 atom stereocenters. The van der Waals surface area contributed by atoms with E-state index in [9.17, 15) is 14.7 Å². The molecule has 0 aliphatic heterocycles. The second kappa shape index (κ2) is 13.9. The molecule has 2 unspecified atom stereocenters. The van der Waals surface area contributed by atoms with Crippen LogP contribution in [0, 0.1) is 0 Å². The number of benzene rings is 1. The van der Waals surface area contributed by atoms with Crippen LogP contribution < -0.4 is 21.9 Å². The van der Waals surface area contributed by atoms with E-state index >= 15 is 0 Å². The molecule has 0 aliphatic rings. The molecule has 0 radical (unpaired) electrons. The van der Waals surface area contributed by atoms with Crippen molar-refractivity contribution in [3.05, 3.63) is 24.0 Å². The summed E-state index contributed by atoms with van der Waals surface area (Å²) >= 11 is 0. The fourth-order valence-corrected chi connectivity index (χ4v) is 3.59. The van der Waals surface area contributed by atoms with Crippen LogP contribution >= 0.6 is 0 Å². The summed E-state index contributed by atoms with van der Waals surface area (Å²) in [5.74, 6) is 0.581. The third-order valence-corrected chi connectivity index (χ3v) is 5.51. The van der Waals surface area contributed by atoms with E-state index in [1.165, 1.54) is 4.90 Å². The summed E-state index contributed by atoms with van der Waals surface area (Å²) in [6.07, 6.45) is 1.56. The Bertz CT molecular complexity index is 956. The zero-order chi connectivity index (χ0) is 26.8. The Morgan fingerprint density at radius 2 is 1.83 bits per heavy atom. The zero-order valence-corrected chi connectivity index (χ0v) is 21.5. The molecule has 198 valence electrons. The Hall–Kier alpha value is -2.89. The van der Waals surface area contributed by atoms with E-state index in [2.05, 4.69) is 0 Å². The van der Waals surface area contributed by atoms with Crippen molar-refractivity contribution in [3.8, 4) is 5.75 Å². The lowest BCUT2D eigenvalue weighted by Crippen LogP contribution is -2.45.